The van der Waals surface area contributed by atoms with E-state index in [9.17, 15) is 5.11 Å². The first-order chi connectivity index (χ1) is 13.1. The molecule has 137 valence electrons. The van der Waals surface area contributed by atoms with Gasteiger partial charge < -0.3 is 5.11 Å². The van der Waals surface area contributed by atoms with Crippen LogP contribution in [0.1, 0.15) is 11.1 Å². The normalized spacial score (nSPS) is 11.4. The van der Waals surface area contributed by atoms with Crippen LogP contribution in [-0.2, 0) is 14.7 Å². The Morgan fingerprint density at radius 2 is 1.11 bits per heavy atom. The molecule has 3 aromatic carbocycles. The Balaban J connectivity index is 0.000000596. The van der Waals surface area contributed by atoms with Crippen LogP contribution in [-0.4, -0.2) is 10.8 Å². The fraction of sp³-hybridized carbons (Fsp3) is 0. The third-order valence-electron chi connectivity index (χ3n) is 3.42. The van der Waals surface area contributed by atoms with Crippen molar-refractivity contribution in [1.82, 2.24) is 0 Å². The van der Waals surface area contributed by atoms with Crippen LogP contribution in [0.2, 0.25) is 0 Å². The van der Waals surface area contributed by atoms with Crippen molar-refractivity contribution < 1.29 is 19.8 Å². The van der Waals surface area contributed by atoms with Crippen molar-refractivity contribution in [3.63, 3.8) is 0 Å². The Kier molecular flexibility index (Phi) is 9.68. The fourth-order valence-electron chi connectivity index (χ4n) is 2.25. The molecule has 0 heterocycles. The number of aliphatic imine (C=N–C) groups is 1. The number of benzene rings is 3. The fourth-order valence-corrected chi connectivity index (χ4v) is 2.25. The van der Waals surface area contributed by atoms with Crippen LogP contribution >= 0.6 is 27.9 Å². The first-order valence-electron chi connectivity index (χ1n) is 8.05. The number of rotatable bonds is 4. The Hall–Kier alpha value is -1.55. The van der Waals surface area contributed by atoms with Gasteiger partial charge in [0.15, 0.2) is 0 Å². The minimum absolute atomic E-state index is 0.198. The van der Waals surface area contributed by atoms with Crippen molar-refractivity contribution in [3.05, 3.63) is 108 Å². The van der Waals surface area contributed by atoms with Crippen LogP contribution in [0.5, 0.6) is 0 Å². The van der Waals surface area contributed by atoms with E-state index in [2.05, 4.69) is 4.99 Å². The predicted octanol–water partition coefficient (Wildman–Crippen LogP) is 7.47. The van der Waals surface area contributed by atoms with Crippen molar-refractivity contribution in [1.29, 1.82) is 0 Å². The van der Waals surface area contributed by atoms with Gasteiger partial charge in [-0.3, -0.25) is 0 Å². The Morgan fingerprint density at radius 1 is 0.704 bits per heavy atom. The van der Waals surface area contributed by atoms with Crippen LogP contribution in [0, 0.1) is 0 Å². The number of hydrogen-bond donors (Lipinski definition) is 1. The quantitative estimate of drug-likeness (QED) is 0.248. The summed E-state index contributed by atoms with van der Waals surface area (Å²) in [6, 6.07) is 29.0. The van der Waals surface area contributed by atoms with Gasteiger partial charge in [-0.05, 0) is 12.1 Å². The van der Waals surface area contributed by atoms with Gasteiger partial charge in [-0.15, -0.1) is 0 Å². The molecule has 0 spiro atoms. The summed E-state index contributed by atoms with van der Waals surface area (Å²) >= 11 is -1.92. The number of aliphatic hydroxyl groups is 1. The number of para-hydroxylation sites is 1. The van der Waals surface area contributed by atoms with Gasteiger partial charge in [0.2, 0.25) is 0 Å². The monoisotopic (exact) mass is 452 g/mol. The van der Waals surface area contributed by atoms with E-state index < -0.39 is 14.7 Å². The van der Waals surface area contributed by atoms with Crippen molar-refractivity contribution in [2.24, 2.45) is 4.99 Å². The van der Waals surface area contributed by atoms with E-state index in [1.807, 2.05) is 91.0 Å². The molecule has 0 aliphatic heterocycles. The molecule has 0 bridgehead atoms. The van der Waals surface area contributed by atoms with Gasteiger partial charge >= 0.3 is 42.6 Å². The Labute approximate surface area is 177 Å². The molecule has 0 atom stereocenters. The second-order valence-corrected chi connectivity index (χ2v) is 13.0. The third-order valence-corrected chi connectivity index (χ3v) is 3.42. The van der Waals surface area contributed by atoms with Gasteiger partial charge in [-0.2, -0.15) is 0 Å². The van der Waals surface area contributed by atoms with Gasteiger partial charge in [0.1, 0.15) is 5.76 Å². The average molecular weight is 454 g/mol. The average Bonchev–Trinajstić information content (AvgIpc) is 2.69. The van der Waals surface area contributed by atoms with Crippen molar-refractivity contribution >= 4 is 45.1 Å². The molecule has 0 radical (unpaired) electrons. The zero-order valence-corrected chi connectivity index (χ0v) is 18.1. The van der Waals surface area contributed by atoms with E-state index in [0.29, 0.717) is 0 Å². The van der Waals surface area contributed by atoms with Crippen molar-refractivity contribution in [3.8, 4) is 0 Å². The topological polar surface area (TPSA) is 32.6 Å². The molecule has 0 aromatic heterocycles. The molecule has 27 heavy (non-hydrogen) atoms. The Bertz CT molecular complexity index is 867. The summed E-state index contributed by atoms with van der Waals surface area (Å²) in [7, 11) is 14.9. The van der Waals surface area contributed by atoms with E-state index >= 15 is 0 Å². The van der Waals surface area contributed by atoms with Gasteiger partial charge in [-0.25, -0.2) is 4.99 Å². The van der Waals surface area contributed by atoms with E-state index in [0.717, 1.165) is 22.5 Å². The van der Waals surface area contributed by atoms with Crippen LogP contribution in [0.3, 0.4) is 0 Å². The van der Waals surface area contributed by atoms with Gasteiger partial charge in [0.05, 0.1) is 11.4 Å². The molecule has 0 aliphatic rings. The standard InChI is InChI=1S/C21H17NO.3ClH.Ti/c23-21(18-12-6-2-7-13-18)16-20(17-10-4-1-5-11-17)22-19-14-8-3-9-15-19;;;;/h1-16,23H;3*1H;/q;;;;+3/p-3/b21-16-,22-20?;;;;. The number of allylic oxidation sites excluding steroid dienone is 1. The molecule has 1 N–H and O–H groups in total. The molecular weight excluding hydrogens is 436 g/mol. The molecule has 0 saturated heterocycles. The summed E-state index contributed by atoms with van der Waals surface area (Å²) in [5.41, 5.74) is 3.30. The first-order valence-corrected chi connectivity index (χ1v) is 14.5. The summed E-state index contributed by atoms with van der Waals surface area (Å²) in [6.07, 6.45) is 1.71. The Morgan fingerprint density at radius 3 is 1.59 bits per heavy atom. The molecule has 3 rings (SSSR count). The maximum atomic E-state index is 10.4. The first kappa shape index (κ1) is 21.8. The molecule has 0 fully saturated rings. The molecule has 6 heteroatoms. The van der Waals surface area contributed by atoms with E-state index in [4.69, 9.17) is 27.9 Å². The molecule has 0 amide bonds. The zero-order valence-electron chi connectivity index (χ0n) is 14.3. The van der Waals surface area contributed by atoms with Crippen LogP contribution in [0.4, 0.5) is 5.69 Å². The minimum atomic E-state index is -1.92. The second kappa shape index (κ2) is 12.0. The molecule has 0 unspecified atom stereocenters. The van der Waals surface area contributed by atoms with Gasteiger partial charge in [0, 0.05) is 17.2 Å². The van der Waals surface area contributed by atoms with Gasteiger partial charge in [0.25, 0.3) is 0 Å². The maximum absolute atomic E-state index is 10.4. The third kappa shape index (κ3) is 8.34. The zero-order chi connectivity index (χ0) is 19.5. The number of halogens is 3. The molecule has 3 aromatic rings. The summed E-state index contributed by atoms with van der Waals surface area (Å²) in [5, 5.41) is 10.4. The number of hydrogen-bond acceptors (Lipinski definition) is 2. The molecule has 0 aliphatic carbocycles. The second-order valence-electron chi connectivity index (χ2n) is 5.31. The molecule has 2 nitrogen and oxygen atoms in total. The van der Waals surface area contributed by atoms with Crippen LogP contribution in [0.25, 0.3) is 5.76 Å². The number of nitrogens with zero attached hydrogens (tertiary/aromatic N) is 1. The van der Waals surface area contributed by atoms with Crippen molar-refractivity contribution in [2.75, 3.05) is 0 Å². The van der Waals surface area contributed by atoms with E-state index in [1.165, 1.54) is 0 Å². The summed E-state index contributed by atoms with van der Waals surface area (Å²) in [4.78, 5) is 4.67. The number of aliphatic hydroxyl groups excluding tert-OH is 1. The van der Waals surface area contributed by atoms with Crippen LogP contribution < -0.4 is 0 Å². The predicted molar refractivity (Wildman–Crippen MR) is 114 cm³/mol. The summed E-state index contributed by atoms with van der Waals surface area (Å²) < 4.78 is 0. The van der Waals surface area contributed by atoms with Crippen molar-refractivity contribution in [2.45, 2.75) is 0 Å². The van der Waals surface area contributed by atoms with E-state index in [-0.39, 0.29) is 5.76 Å². The van der Waals surface area contributed by atoms with E-state index in [1.54, 1.807) is 6.08 Å². The molecule has 0 saturated carbocycles. The SMILES string of the molecule is O/C(=C\C(=Nc1ccccc1)c1ccccc1)c1ccccc1.[Cl][Ti]([Cl])[Cl]. The summed E-state index contributed by atoms with van der Waals surface area (Å²) in [6.45, 7) is 0. The van der Waals surface area contributed by atoms with Crippen LogP contribution in [0.15, 0.2) is 102 Å². The summed E-state index contributed by atoms with van der Waals surface area (Å²) in [5.74, 6) is 0.198. The van der Waals surface area contributed by atoms with Gasteiger partial charge in [-0.1, -0.05) is 78.9 Å². The molecular formula is C21H17Cl3NOTi.